The second-order valence-electron chi connectivity index (χ2n) is 3.24. The molecule has 1 N–H and O–H groups in total. The second kappa shape index (κ2) is 5.70. The molecule has 0 aliphatic rings. The number of hydrogen-bond donors (Lipinski definition) is 1. The van der Waals surface area contributed by atoms with Gasteiger partial charge in [0, 0.05) is 0 Å². The average Bonchev–Trinajstić information content (AvgIpc) is 2.30. The van der Waals surface area contributed by atoms with E-state index in [1.807, 2.05) is 0 Å². The Hall–Kier alpha value is -1.29. The fraction of sp³-hybridized carbons (Fsp3) is 0.250. The Morgan fingerprint density at radius 2 is 2.31 bits per heavy atom. The number of halogens is 1. The molecule has 3 nitrogen and oxygen atoms in total. The number of carbonyl (C=O) groups excluding carboxylic acids is 1. The smallest absolute Gasteiger partial charge is 0.177 e. The third-order valence-corrected chi connectivity index (χ3v) is 2.67. The zero-order chi connectivity index (χ0) is 12.1. The number of hydrogen-bond acceptors (Lipinski definition) is 3. The number of phenols is 1. The third-order valence-electron chi connectivity index (χ3n) is 2.16. The topological polar surface area (TPSA) is 46.5 Å². The van der Waals surface area contributed by atoms with Crippen LogP contribution in [0.2, 0.25) is 0 Å². The lowest BCUT2D eigenvalue weighted by Crippen LogP contribution is -2.03. The van der Waals surface area contributed by atoms with Crippen LogP contribution < -0.4 is 4.74 Å². The normalized spacial score (nSPS) is 9.88. The Balaban J connectivity index is 3.29. The van der Waals surface area contributed by atoms with E-state index in [4.69, 9.17) is 4.74 Å². The number of allylic oxidation sites excluding steroid dienone is 1. The Kier molecular flexibility index (Phi) is 4.55. The predicted octanol–water partition coefficient (Wildman–Crippen LogP) is 2.71. The number of methoxy groups -OCH3 is 1. The summed E-state index contributed by atoms with van der Waals surface area (Å²) in [6.07, 6.45) is 2.35. The summed E-state index contributed by atoms with van der Waals surface area (Å²) in [6.45, 7) is 3.63. The molecule has 0 heterocycles. The van der Waals surface area contributed by atoms with Gasteiger partial charge in [-0.15, -0.1) is 6.58 Å². The monoisotopic (exact) mass is 284 g/mol. The first-order chi connectivity index (χ1) is 7.63. The van der Waals surface area contributed by atoms with E-state index in [0.29, 0.717) is 12.2 Å². The maximum absolute atomic E-state index is 11.6. The zero-order valence-corrected chi connectivity index (χ0v) is 10.6. The number of aromatic hydroxyl groups is 1. The minimum absolute atomic E-state index is 0.111. The van der Waals surface area contributed by atoms with Gasteiger partial charge in [0.1, 0.15) is 0 Å². The van der Waals surface area contributed by atoms with E-state index in [9.17, 15) is 9.90 Å². The van der Waals surface area contributed by atoms with Crippen molar-refractivity contribution in [3.8, 4) is 11.5 Å². The molecule has 0 spiro atoms. The van der Waals surface area contributed by atoms with Crippen molar-refractivity contribution in [2.75, 3.05) is 12.4 Å². The van der Waals surface area contributed by atoms with Gasteiger partial charge < -0.3 is 9.84 Å². The van der Waals surface area contributed by atoms with Crippen LogP contribution in [0, 0.1) is 0 Å². The van der Waals surface area contributed by atoms with Crippen molar-refractivity contribution >= 4 is 21.7 Å². The predicted molar refractivity (Wildman–Crippen MR) is 66.7 cm³/mol. The third kappa shape index (κ3) is 2.64. The molecule has 0 radical (unpaired) electrons. The van der Waals surface area contributed by atoms with Gasteiger partial charge in [-0.05, 0) is 24.1 Å². The summed E-state index contributed by atoms with van der Waals surface area (Å²) >= 11 is 3.07. The summed E-state index contributed by atoms with van der Waals surface area (Å²) in [4.78, 5) is 11.6. The molecule has 0 saturated carbocycles. The van der Waals surface area contributed by atoms with E-state index >= 15 is 0 Å². The van der Waals surface area contributed by atoms with E-state index < -0.39 is 0 Å². The van der Waals surface area contributed by atoms with Crippen molar-refractivity contribution < 1.29 is 14.6 Å². The van der Waals surface area contributed by atoms with E-state index in [0.717, 1.165) is 5.56 Å². The van der Waals surface area contributed by atoms with E-state index in [-0.39, 0.29) is 22.4 Å². The number of ketones is 1. The number of Topliss-reactive ketones (excluding diaryl/α,β-unsaturated/α-hetero) is 1. The van der Waals surface area contributed by atoms with E-state index in [2.05, 4.69) is 22.5 Å². The first kappa shape index (κ1) is 12.8. The van der Waals surface area contributed by atoms with Gasteiger partial charge in [0.05, 0.1) is 18.0 Å². The highest BCUT2D eigenvalue weighted by Crippen LogP contribution is 2.32. The molecular formula is C12H13BrO3. The SMILES string of the molecule is C=CCc1cc(OC)c(O)c(C(=O)CBr)c1. The molecule has 0 amide bonds. The van der Waals surface area contributed by atoms with Crippen molar-refractivity contribution in [1.82, 2.24) is 0 Å². The molecule has 0 aliphatic carbocycles. The van der Waals surface area contributed by atoms with Gasteiger partial charge in [-0.25, -0.2) is 0 Å². The lowest BCUT2D eigenvalue weighted by molar-refractivity contribution is 0.102. The summed E-state index contributed by atoms with van der Waals surface area (Å²) in [5.41, 5.74) is 1.15. The van der Waals surface area contributed by atoms with Crippen molar-refractivity contribution in [2.24, 2.45) is 0 Å². The van der Waals surface area contributed by atoms with Crippen LogP contribution in [0.15, 0.2) is 24.8 Å². The lowest BCUT2D eigenvalue weighted by Gasteiger charge is -2.10. The Morgan fingerprint density at radius 3 is 2.81 bits per heavy atom. The van der Waals surface area contributed by atoms with Crippen LogP contribution in [0.4, 0.5) is 0 Å². The molecule has 0 unspecified atom stereocenters. The Bertz CT molecular complexity index is 413. The van der Waals surface area contributed by atoms with E-state index in [1.165, 1.54) is 7.11 Å². The molecule has 1 aromatic carbocycles. The van der Waals surface area contributed by atoms with Crippen molar-refractivity contribution in [3.63, 3.8) is 0 Å². The van der Waals surface area contributed by atoms with Crippen LogP contribution in [0.3, 0.4) is 0 Å². The second-order valence-corrected chi connectivity index (χ2v) is 3.80. The molecule has 1 aromatic rings. The number of phenolic OH excluding ortho intramolecular Hbond substituents is 1. The van der Waals surface area contributed by atoms with Crippen LogP contribution in [0.5, 0.6) is 11.5 Å². The fourth-order valence-corrected chi connectivity index (χ4v) is 1.69. The number of benzene rings is 1. The summed E-state index contributed by atoms with van der Waals surface area (Å²) < 4.78 is 5.02. The highest BCUT2D eigenvalue weighted by Gasteiger charge is 2.15. The molecule has 0 saturated heterocycles. The van der Waals surface area contributed by atoms with Crippen LogP contribution in [-0.4, -0.2) is 23.3 Å². The van der Waals surface area contributed by atoms with Crippen LogP contribution in [-0.2, 0) is 6.42 Å². The first-order valence-corrected chi connectivity index (χ1v) is 5.86. The highest BCUT2D eigenvalue weighted by atomic mass is 79.9. The van der Waals surface area contributed by atoms with E-state index in [1.54, 1.807) is 18.2 Å². The maximum Gasteiger partial charge on any atom is 0.177 e. The number of alkyl halides is 1. The van der Waals surface area contributed by atoms with Gasteiger partial charge in [0.2, 0.25) is 0 Å². The largest absolute Gasteiger partial charge is 0.504 e. The number of carbonyl (C=O) groups is 1. The van der Waals surface area contributed by atoms with Crippen molar-refractivity contribution in [2.45, 2.75) is 6.42 Å². The van der Waals surface area contributed by atoms with Crippen molar-refractivity contribution in [3.05, 3.63) is 35.9 Å². The quantitative estimate of drug-likeness (QED) is 0.514. The van der Waals surface area contributed by atoms with Gasteiger partial charge in [0.15, 0.2) is 17.3 Å². The van der Waals surface area contributed by atoms with Gasteiger partial charge in [-0.1, -0.05) is 22.0 Å². The van der Waals surface area contributed by atoms with Gasteiger partial charge in [-0.3, -0.25) is 4.79 Å². The molecule has 0 aliphatic heterocycles. The first-order valence-electron chi connectivity index (χ1n) is 4.74. The molecular weight excluding hydrogens is 272 g/mol. The number of ether oxygens (including phenoxy) is 1. The lowest BCUT2D eigenvalue weighted by atomic mass is 10.0. The molecule has 0 fully saturated rings. The summed E-state index contributed by atoms with van der Waals surface area (Å²) in [6, 6.07) is 3.35. The van der Waals surface area contributed by atoms with Crippen molar-refractivity contribution in [1.29, 1.82) is 0 Å². The molecule has 16 heavy (non-hydrogen) atoms. The molecule has 1 rings (SSSR count). The molecule has 4 heteroatoms. The minimum atomic E-state index is -0.179. The molecule has 86 valence electrons. The Morgan fingerprint density at radius 1 is 1.62 bits per heavy atom. The van der Waals surface area contributed by atoms with Crippen LogP contribution in [0.1, 0.15) is 15.9 Å². The molecule has 0 atom stereocenters. The highest BCUT2D eigenvalue weighted by molar-refractivity contribution is 9.09. The Labute approximate surface area is 103 Å². The van der Waals surface area contributed by atoms with Crippen LogP contribution >= 0.6 is 15.9 Å². The maximum atomic E-state index is 11.6. The average molecular weight is 285 g/mol. The van der Waals surface area contributed by atoms with Gasteiger partial charge in [-0.2, -0.15) is 0 Å². The van der Waals surface area contributed by atoms with Gasteiger partial charge in [0.25, 0.3) is 0 Å². The molecule has 0 bridgehead atoms. The van der Waals surface area contributed by atoms with Crippen LogP contribution in [0.25, 0.3) is 0 Å². The zero-order valence-electron chi connectivity index (χ0n) is 9.00. The summed E-state index contributed by atoms with van der Waals surface area (Å²) in [7, 11) is 1.45. The van der Waals surface area contributed by atoms with Gasteiger partial charge >= 0.3 is 0 Å². The summed E-state index contributed by atoms with van der Waals surface area (Å²) in [5.74, 6) is 0.0186. The number of rotatable bonds is 5. The fourth-order valence-electron chi connectivity index (χ4n) is 1.39. The minimum Gasteiger partial charge on any atom is -0.504 e. The summed E-state index contributed by atoms with van der Waals surface area (Å²) in [5, 5.41) is 9.96. The standard InChI is InChI=1S/C12H13BrO3/c1-3-4-8-5-9(10(14)7-13)12(15)11(6-8)16-2/h3,5-6,15H,1,4,7H2,2H3. The molecule has 0 aromatic heterocycles.